The van der Waals surface area contributed by atoms with Crippen LogP contribution in [-0.2, 0) is 0 Å². The highest BCUT2D eigenvalue weighted by Gasteiger charge is 2.11. The second-order valence-electron chi connectivity index (χ2n) is 3.65. The summed E-state index contributed by atoms with van der Waals surface area (Å²) >= 11 is 0. The van der Waals surface area contributed by atoms with Crippen LogP contribution in [0.2, 0.25) is 0 Å². The van der Waals surface area contributed by atoms with Gasteiger partial charge in [-0.3, -0.25) is 0 Å². The van der Waals surface area contributed by atoms with Crippen molar-refractivity contribution < 1.29 is 14.3 Å². The molecule has 1 rings (SSSR count). The highest BCUT2D eigenvalue weighted by atomic mass is 19.1. The smallest absolute Gasteiger partial charge is 0.321 e. The van der Waals surface area contributed by atoms with Crippen LogP contribution in [-0.4, -0.2) is 35.7 Å². The number of carbonyl (C=O) groups excluding carboxylic acids is 1. The molecular weight excluding hydrogens is 223 g/mol. The minimum Gasteiger partial charge on any atom is -0.395 e. The number of carbonyl (C=O) groups is 1. The summed E-state index contributed by atoms with van der Waals surface area (Å²) < 4.78 is 12.7. The van der Waals surface area contributed by atoms with E-state index >= 15 is 0 Å². The van der Waals surface area contributed by atoms with Crippen LogP contribution in [0.3, 0.4) is 0 Å². The van der Waals surface area contributed by atoms with E-state index in [0.29, 0.717) is 18.8 Å². The first-order valence-corrected chi connectivity index (χ1v) is 5.59. The summed E-state index contributed by atoms with van der Waals surface area (Å²) in [5.41, 5.74) is 0.537. The Morgan fingerprint density at radius 2 is 2.00 bits per heavy atom. The van der Waals surface area contributed by atoms with Crippen LogP contribution in [0.4, 0.5) is 14.9 Å². The molecule has 5 heteroatoms. The van der Waals surface area contributed by atoms with Crippen LogP contribution < -0.4 is 5.32 Å². The van der Waals surface area contributed by atoms with Gasteiger partial charge in [-0.15, -0.1) is 0 Å². The van der Waals surface area contributed by atoms with Crippen molar-refractivity contribution in [1.82, 2.24) is 4.90 Å². The van der Waals surface area contributed by atoms with E-state index < -0.39 is 0 Å². The maximum atomic E-state index is 12.7. The van der Waals surface area contributed by atoms with Crippen LogP contribution in [0.25, 0.3) is 0 Å². The van der Waals surface area contributed by atoms with Crippen molar-refractivity contribution in [3.8, 4) is 0 Å². The van der Waals surface area contributed by atoms with Gasteiger partial charge in [0.05, 0.1) is 6.61 Å². The van der Waals surface area contributed by atoms with E-state index in [4.69, 9.17) is 5.11 Å². The zero-order valence-corrected chi connectivity index (χ0v) is 9.82. The molecule has 0 heterocycles. The molecule has 17 heavy (non-hydrogen) atoms. The normalized spacial score (nSPS) is 10.1. The topological polar surface area (TPSA) is 52.6 Å². The third-order valence-electron chi connectivity index (χ3n) is 2.25. The number of anilines is 1. The number of hydrogen-bond donors (Lipinski definition) is 2. The summed E-state index contributed by atoms with van der Waals surface area (Å²) in [5, 5.41) is 11.5. The molecule has 0 radical (unpaired) electrons. The predicted molar refractivity (Wildman–Crippen MR) is 64.4 cm³/mol. The average Bonchev–Trinajstić information content (AvgIpc) is 2.32. The van der Waals surface area contributed by atoms with E-state index in [-0.39, 0.29) is 18.5 Å². The summed E-state index contributed by atoms with van der Waals surface area (Å²) in [6.45, 7) is 2.75. The van der Waals surface area contributed by atoms with Crippen LogP contribution in [0.1, 0.15) is 13.3 Å². The molecule has 0 unspecified atom stereocenters. The number of nitrogens with zero attached hydrogens (tertiary/aromatic N) is 1. The molecule has 2 amide bonds. The molecule has 2 N–H and O–H groups in total. The van der Waals surface area contributed by atoms with Gasteiger partial charge in [0.15, 0.2) is 0 Å². The summed E-state index contributed by atoms with van der Waals surface area (Å²) in [7, 11) is 0. The molecular formula is C12H17FN2O2. The van der Waals surface area contributed by atoms with Crippen molar-refractivity contribution in [2.45, 2.75) is 13.3 Å². The fourth-order valence-electron chi connectivity index (χ4n) is 1.44. The van der Waals surface area contributed by atoms with Gasteiger partial charge in [0, 0.05) is 18.8 Å². The van der Waals surface area contributed by atoms with Crippen molar-refractivity contribution in [1.29, 1.82) is 0 Å². The molecule has 0 aliphatic carbocycles. The third-order valence-corrected chi connectivity index (χ3v) is 2.25. The molecule has 0 aliphatic rings. The van der Waals surface area contributed by atoms with Gasteiger partial charge in [-0.25, -0.2) is 9.18 Å². The minimum atomic E-state index is -0.344. The summed E-state index contributed by atoms with van der Waals surface area (Å²) in [5.74, 6) is -0.344. The Hall–Kier alpha value is -1.62. The second kappa shape index (κ2) is 6.85. The first-order valence-electron chi connectivity index (χ1n) is 5.59. The van der Waals surface area contributed by atoms with Crippen LogP contribution >= 0.6 is 0 Å². The van der Waals surface area contributed by atoms with E-state index in [2.05, 4.69) is 5.32 Å². The number of rotatable bonds is 5. The van der Waals surface area contributed by atoms with E-state index in [0.717, 1.165) is 6.42 Å². The van der Waals surface area contributed by atoms with Gasteiger partial charge < -0.3 is 15.3 Å². The first-order chi connectivity index (χ1) is 8.17. The predicted octanol–water partition coefficient (Wildman–Crippen LogP) is 2.06. The number of halogens is 1. The molecule has 94 valence electrons. The van der Waals surface area contributed by atoms with E-state index in [9.17, 15) is 9.18 Å². The summed E-state index contributed by atoms with van der Waals surface area (Å²) in [6, 6.07) is 5.28. The monoisotopic (exact) mass is 240 g/mol. The number of aliphatic hydroxyl groups excluding tert-OH is 1. The Bertz CT molecular complexity index is 348. The Labute approximate surface area is 100 Å². The van der Waals surface area contributed by atoms with Gasteiger partial charge >= 0.3 is 6.03 Å². The lowest BCUT2D eigenvalue weighted by Gasteiger charge is -2.21. The Kier molecular flexibility index (Phi) is 5.42. The first kappa shape index (κ1) is 13.4. The van der Waals surface area contributed by atoms with Crippen molar-refractivity contribution in [2.24, 2.45) is 0 Å². The molecule has 0 saturated carbocycles. The van der Waals surface area contributed by atoms with Crippen molar-refractivity contribution in [2.75, 3.05) is 25.0 Å². The number of benzene rings is 1. The number of hydrogen-bond acceptors (Lipinski definition) is 2. The fraction of sp³-hybridized carbons (Fsp3) is 0.417. The number of nitrogens with one attached hydrogen (secondary N) is 1. The Morgan fingerprint density at radius 3 is 2.53 bits per heavy atom. The molecule has 0 fully saturated rings. The summed E-state index contributed by atoms with van der Waals surface area (Å²) in [4.78, 5) is 13.3. The SMILES string of the molecule is CCCN(CCO)C(=O)Nc1ccc(F)cc1. The molecule has 0 atom stereocenters. The number of amides is 2. The van der Waals surface area contributed by atoms with Gasteiger partial charge in [0.25, 0.3) is 0 Å². The maximum absolute atomic E-state index is 12.7. The fourth-order valence-corrected chi connectivity index (χ4v) is 1.44. The molecule has 0 saturated heterocycles. The van der Waals surface area contributed by atoms with Crippen molar-refractivity contribution in [3.05, 3.63) is 30.1 Å². The zero-order chi connectivity index (χ0) is 12.7. The molecule has 0 spiro atoms. The van der Waals surface area contributed by atoms with E-state index in [1.54, 1.807) is 0 Å². The minimum absolute atomic E-state index is 0.0726. The lowest BCUT2D eigenvalue weighted by atomic mass is 10.3. The van der Waals surface area contributed by atoms with Gasteiger partial charge in [-0.2, -0.15) is 0 Å². The lowest BCUT2D eigenvalue weighted by Crippen LogP contribution is -2.37. The van der Waals surface area contributed by atoms with Crippen molar-refractivity contribution in [3.63, 3.8) is 0 Å². The van der Waals surface area contributed by atoms with Gasteiger partial charge in [-0.1, -0.05) is 6.92 Å². The van der Waals surface area contributed by atoms with Crippen molar-refractivity contribution >= 4 is 11.7 Å². The zero-order valence-electron chi connectivity index (χ0n) is 9.82. The lowest BCUT2D eigenvalue weighted by molar-refractivity contribution is 0.188. The second-order valence-corrected chi connectivity index (χ2v) is 3.65. The number of urea groups is 1. The van der Waals surface area contributed by atoms with Gasteiger partial charge in [-0.05, 0) is 30.7 Å². The number of aliphatic hydroxyl groups is 1. The van der Waals surface area contributed by atoms with Crippen LogP contribution in [0.15, 0.2) is 24.3 Å². The largest absolute Gasteiger partial charge is 0.395 e. The van der Waals surface area contributed by atoms with E-state index in [1.165, 1.54) is 29.2 Å². The maximum Gasteiger partial charge on any atom is 0.321 e. The van der Waals surface area contributed by atoms with Gasteiger partial charge in [0.2, 0.25) is 0 Å². The molecule has 0 aliphatic heterocycles. The third kappa shape index (κ3) is 4.40. The quantitative estimate of drug-likeness (QED) is 0.827. The van der Waals surface area contributed by atoms with Gasteiger partial charge in [0.1, 0.15) is 5.82 Å². The molecule has 1 aromatic carbocycles. The Balaban J connectivity index is 2.59. The molecule has 0 aromatic heterocycles. The molecule has 1 aromatic rings. The molecule has 4 nitrogen and oxygen atoms in total. The van der Waals surface area contributed by atoms with E-state index in [1.807, 2.05) is 6.92 Å². The standard InChI is InChI=1S/C12H17FN2O2/c1-2-7-15(8-9-16)12(17)14-11-5-3-10(13)4-6-11/h3-6,16H,2,7-9H2,1H3,(H,14,17). The molecule has 0 bridgehead atoms. The average molecular weight is 240 g/mol. The summed E-state index contributed by atoms with van der Waals surface area (Å²) in [6.07, 6.45) is 0.816. The Morgan fingerprint density at radius 1 is 1.35 bits per heavy atom. The highest BCUT2D eigenvalue weighted by molar-refractivity contribution is 5.89. The van der Waals surface area contributed by atoms with Crippen LogP contribution in [0.5, 0.6) is 0 Å². The van der Waals surface area contributed by atoms with Crippen LogP contribution in [0, 0.1) is 5.82 Å². The highest BCUT2D eigenvalue weighted by Crippen LogP contribution is 2.09.